The van der Waals surface area contributed by atoms with Crippen molar-refractivity contribution in [2.75, 3.05) is 52.4 Å². The fraction of sp³-hybridized carbons (Fsp3) is 0.500. The third-order valence-corrected chi connectivity index (χ3v) is 30.1. The Morgan fingerprint density at radius 2 is 0.902 bits per heavy atom. The molecule has 4 amide bonds. The van der Waals surface area contributed by atoms with Crippen molar-refractivity contribution in [2.24, 2.45) is 82.9 Å². The van der Waals surface area contributed by atoms with Crippen molar-refractivity contribution in [1.29, 1.82) is 0 Å². The zero-order valence-electron chi connectivity index (χ0n) is 63.7. The lowest BCUT2D eigenvalue weighted by Crippen LogP contribution is -2.51. The molecule has 0 unspecified atom stereocenters. The second kappa shape index (κ2) is 36.1. The highest BCUT2D eigenvalue weighted by Crippen LogP contribution is 2.57. The molecule has 3 aliphatic heterocycles. The van der Waals surface area contributed by atoms with Gasteiger partial charge in [0.2, 0.25) is 15.9 Å². The van der Waals surface area contributed by atoms with E-state index in [2.05, 4.69) is 60.5 Å². The van der Waals surface area contributed by atoms with E-state index in [1.807, 2.05) is 66.7 Å². The first-order valence-electron chi connectivity index (χ1n) is 39.7. The van der Waals surface area contributed by atoms with Gasteiger partial charge in [0.1, 0.15) is 22.7 Å². The highest BCUT2D eigenvalue weighted by atomic mass is 32.2. The van der Waals surface area contributed by atoms with Crippen LogP contribution in [0, 0.1) is 100 Å². The fourth-order valence-electron chi connectivity index (χ4n) is 20.6. The molecule has 0 spiro atoms. The van der Waals surface area contributed by atoms with E-state index in [4.69, 9.17) is 14.2 Å². The molecular formula is C86H103F3N8O13S2. The van der Waals surface area contributed by atoms with Crippen LogP contribution in [-0.2, 0) is 38.9 Å². The summed E-state index contributed by atoms with van der Waals surface area (Å²) in [6, 6.07) is 30.6. The summed E-state index contributed by atoms with van der Waals surface area (Å²) >= 11 is 0. The van der Waals surface area contributed by atoms with E-state index in [-0.39, 0.29) is 131 Å². The number of ether oxygens (including phenoxy) is 3. The molecule has 26 heteroatoms. The van der Waals surface area contributed by atoms with E-state index in [1.165, 1.54) is 40.7 Å². The Labute approximate surface area is 654 Å². The summed E-state index contributed by atoms with van der Waals surface area (Å²) in [4.78, 5) is 62.2. The predicted molar refractivity (Wildman–Crippen MR) is 421 cm³/mol. The number of hydrogen-bond donors (Lipinski definition) is 6. The Morgan fingerprint density at radius 1 is 0.500 bits per heavy atom. The molecule has 15 rings (SSSR count). The fourth-order valence-corrected chi connectivity index (χ4v) is 24.9. The number of sulfonamides is 1. The van der Waals surface area contributed by atoms with Gasteiger partial charge in [-0.1, -0.05) is 72.8 Å². The number of fused-ring (bicyclic) bond motifs is 6. The summed E-state index contributed by atoms with van der Waals surface area (Å²) in [7, 11) is -5.38. The number of rotatable bonds is 17. The Morgan fingerprint density at radius 3 is 1.30 bits per heavy atom. The minimum Gasteiger partial charge on any atom is -0.450 e. The molecule has 9 aliphatic rings. The van der Waals surface area contributed by atoms with E-state index in [1.54, 1.807) is 64.6 Å². The molecule has 3 aromatic carbocycles. The number of allylic oxidation sites excluding steroid dienone is 3. The molecule has 20 atom stereocenters. The van der Waals surface area contributed by atoms with E-state index in [0.29, 0.717) is 44.0 Å². The van der Waals surface area contributed by atoms with E-state index >= 15 is 0 Å². The molecule has 3 aromatic heterocycles. The largest absolute Gasteiger partial charge is 0.450 e. The molecule has 598 valence electrons. The van der Waals surface area contributed by atoms with Gasteiger partial charge in [-0.05, 0) is 258 Å². The van der Waals surface area contributed by atoms with Crippen LogP contribution in [0.4, 0.5) is 27.6 Å². The maximum Gasteiger partial charge on any atom is 0.407 e. The van der Waals surface area contributed by atoms with Gasteiger partial charge in [-0.3, -0.25) is 19.7 Å². The summed E-state index contributed by atoms with van der Waals surface area (Å²) in [6.07, 6.45) is 26.4. The third-order valence-electron chi connectivity index (χ3n) is 25.5. The molecule has 21 nitrogen and oxygen atoms in total. The third kappa shape index (κ3) is 18.5. The number of alkyl carbamates (subject to hydrolysis) is 3. The molecule has 6 aliphatic carbocycles. The monoisotopic (exact) mass is 1580 g/mol. The topological polar surface area (TPSA) is 295 Å². The number of amides is 4. The summed E-state index contributed by atoms with van der Waals surface area (Å²) in [6.45, 7) is 6.28. The quantitative estimate of drug-likeness (QED) is 0.0463. The van der Waals surface area contributed by atoms with Crippen molar-refractivity contribution in [1.82, 2.24) is 40.5 Å². The molecule has 6 saturated carbocycles. The van der Waals surface area contributed by atoms with E-state index < -0.39 is 49.2 Å². The number of halogens is 3. The summed E-state index contributed by atoms with van der Waals surface area (Å²) in [5.41, 5.74) is 7.10. The number of nitrogens with zero attached hydrogens (tertiary/aromatic N) is 4. The molecule has 9 fully saturated rings. The van der Waals surface area contributed by atoms with Crippen molar-refractivity contribution in [3.63, 3.8) is 0 Å². The number of benzene rings is 3. The second-order valence-corrected chi connectivity index (χ2v) is 36.2. The molecule has 0 radical (unpaired) electrons. The van der Waals surface area contributed by atoms with Crippen molar-refractivity contribution >= 4 is 62.3 Å². The van der Waals surface area contributed by atoms with Crippen LogP contribution >= 0.6 is 0 Å². The Balaban J connectivity index is 0.000000147. The number of aliphatic hydroxyl groups is 2. The molecule has 6 aromatic rings. The van der Waals surface area contributed by atoms with Gasteiger partial charge in [-0.2, -0.15) is 0 Å². The highest BCUT2D eigenvalue weighted by Gasteiger charge is 2.60. The number of nitrogens with one attached hydrogen (secondary N) is 4. The lowest BCUT2D eigenvalue weighted by Gasteiger charge is -2.49. The number of sulfone groups is 1. The molecule has 6 N–H and O–H groups in total. The Hall–Kier alpha value is -8.82. The SMILES string of the molecule is CCOC(=O)N[C@@H]1CC[C@@H]2[C@@H](C1)C[C@@H]1[C@H]([C@H]2/C=C/c2ccc(-c3cccc(F)c3)cn2)[C@@H](CO)S(=O)(=O)N1C.CCOC(=O)N[C@@H]1CC[C@@H]2[C@@H](C1)C[C@H]1C(=O)NC[C@H]1[C@H]2/C=C/c1ccc(-c2cccc(F)c2)cn1.CCOC(=O)N[C@@H]1CC[C@@H]2[C@@H](C1)C[C@H]1CS(=O)(=O)[C@H](CO)[C@H]1[C@H]2/C=C/c1ccc(-c2cccc(F)c2)cn1. The Bertz CT molecular complexity index is 4620. The first kappa shape index (κ1) is 81.2. The van der Waals surface area contributed by atoms with E-state index in [0.717, 1.165) is 128 Å². The van der Waals surface area contributed by atoms with Gasteiger partial charge in [0.25, 0.3) is 0 Å². The number of carbonyl (C=O) groups excluding carboxylic acids is 4. The van der Waals surface area contributed by atoms with Crippen LogP contribution in [0.2, 0.25) is 0 Å². The number of carbonyl (C=O) groups is 4. The van der Waals surface area contributed by atoms with Gasteiger partial charge in [-0.25, -0.2) is 48.7 Å². The maximum atomic E-state index is 13.6. The van der Waals surface area contributed by atoms with Gasteiger partial charge in [-0.15, -0.1) is 0 Å². The molecule has 3 saturated heterocycles. The van der Waals surface area contributed by atoms with Crippen molar-refractivity contribution in [3.05, 3.63) is 181 Å². The van der Waals surface area contributed by atoms with Crippen LogP contribution < -0.4 is 21.3 Å². The minimum absolute atomic E-state index is 0.0126. The summed E-state index contributed by atoms with van der Waals surface area (Å²) in [5, 5.41) is 30.7. The van der Waals surface area contributed by atoms with Crippen molar-refractivity contribution in [2.45, 2.75) is 132 Å². The van der Waals surface area contributed by atoms with Crippen LogP contribution in [0.3, 0.4) is 0 Å². The van der Waals surface area contributed by atoms with E-state index in [9.17, 15) is 59.4 Å². The number of aliphatic hydroxyl groups excluding tert-OH is 2. The standard InChI is InChI=1S/C29H36FN3O5S.C29H35FN2O5S.C28H32FN3O3/c1-3-38-29(35)32-23-10-11-24-20(14-23)15-26-28(27(17-34)39(36,37)33(26)2)25(24)12-9-22-8-7-19(16-31-22)18-5-4-6-21(30)13-18;1-2-37-29(34)32-24-9-10-25-20(14-24)12-21-17-38(35,36)27(16-33)28(21)26(25)11-8-23-7-6-19(15-31-23)18-4-3-5-22(30)13-18;1-2-35-28(34)32-22-9-10-23-19(13-22)14-25-26(16-31-27(25)33)24(23)11-8-21-7-6-18(15-30-21)17-4-3-5-20(29)12-17/h4-9,12-13,16,20,23-28,34H,3,10-11,14-15,17H2,1-2H3,(H,32,35);3-8,11,13,15,20-21,24-28,33H,2,9-10,12,14,16-17H2,1H3,(H,32,34);3-8,11-12,15,19,22-26H,2,9-10,13-14,16H2,1H3,(H,31,33)(H,32,34)/b12-9+;2*11-8+/t20-,23+,24+,25-,26+,27+,28-;20-,21+,24-,25-,26+,27-,28-;19-,22+,23+,24-,25+,26-/m010/s1. The van der Waals surface area contributed by atoms with Gasteiger partial charge in [0.05, 0.1) is 61.1 Å². The van der Waals surface area contributed by atoms with Gasteiger partial charge < -0.3 is 45.7 Å². The predicted octanol–water partition coefficient (Wildman–Crippen LogP) is 13.4. The van der Waals surface area contributed by atoms with Gasteiger partial charge in [0, 0.05) is 84.9 Å². The number of pyridine rings is 3. The zero-order chi connectivity index (χ0) is 79.0. The van der Waals surface area contributed by atoms with Crippen LogP contribution in [0.5, 0.6) is 0 Å². The normalized spacial score (nSPS) is 31.3. The average molecular weight is 1580 g/mol. The van der Waals surface area contributed by atoms with Crippen molar-refractivity contribution in [3.8, 4) is 33.4 Å². The second-order valence-electron chi connectivity index (χ2n) is 31.7. The zero-order valence-corrected chi connectivity index (χ0v) is 65.3. The smallest absolute Gasteiger partial charge is 0.407 e. The minimum atomic E-state index is -3.62. The maximum absolute atomic E-state index is 13.6. The molecule has 0 bridgehead atoms. The highest BCUT2D eigenvalue weighted by molar-refractivity contribution is 7.92. The summed E-state index contributed by atoms with van der Waals surface area (Å²) in [5.74, 6) is 1.38. The van der Waals surface area contributed by atoms with Crippen molar-refractivity contribution < 1.29 is 73.6 Å². The van der Waals surface area contributed by atoms with Gasteiger partial charge >= 0.3 is 18.3 Å². The average Bonchev–Trinajstić information content (AvgIpc) is 1.57. The number of aromatic nitrogens is 3. The molecule has 6 heterocycles. The molecule has 112 heavy (non-hydrogen) atoms. The first-order chi connectivity index (χ1) is 54.0. The lowest BCUT2D eigenvalue weighted by atomic mass is 9.57. The van der Waals surface area contributed by atoms with Crippen LogP contribution in [-0.4, -0.2) is 158 Å². The first-order valence-corrected chi connectivity index (χ1v) is 42.9. The van der Waals surface area contributed by atoms with Crippen LogP contribution in [0.25, 0.3) is 51.6 Å². The summed E-state index contributed by atoms with van der Waals surface area (Å²) < 4.78 is 110. The van der Waals surface area contributed by atoms with Gasteiger partial charge in [0.15, 0.2) is 9.84 Å². The van der Waals surface area contributed by atoms with Crippen LogP contribution in [0.1, 0.15) is 115 Å². The van der Waals surface area contributed by atoms with Crippen LogP contribution in [0.15, 0.2) is 146 Å². The number of hydrogen-bond acceptors (Lipinski definition) is 16. The lowest BCUT2D eigenvalue weighted by molar-refractivity contribution is -0.125. The Kier molecular flexibility index (Phi) is 26.2. The molecular weight excluding hydrogens is 1470 g/mol.